The lowest BCUT2D eigenvalue weighted by atomic mass is 9.98. The Morgan fingerprint density at radius 1 is 1.42 bits per heavy atom. The molecule has 4 atom stereocenters. The third-order valence-corrected chi connectivity index (χ3v) is 4.11. The lowest BCUT2D eigenvalue weighted by Gasteiger charge is -2.29. The average molecular weight is 341 g/mol. The fraction of sp³-hybridized carbons (Fsp3) is 0.706. The third kappa shape index (κ3) is 6.31. The van der Waals surface area contributed by atoms with Gasteiger partial charge < -0.3 is 21.1 Å². The molecule has 1 aliphatic rings. The lowest BCUT2D eigenvalue weighted by Crippen LogP contribution is -2.54. The molecule has 1 saturated heterocycles. The van der Waals surface area contributed by atoms with Gasteiger partial charge in [-0.15, -0.1) is 6.58 Å². The van der Waals surface area contributed by atoms with Crippen LogP contribution < -0.4 is 11.1 Å². The number of rotatable bonds is 6. The van der Waals surface area contributed by atoms with E-state index in [9.17, 15) is 14.4 Å². The number of allylic oxidation sites excluding steroid dienone is 1. The Bertz CT molecular complexity index is 453. The maximum absolute atomic E-state index is 12.4. The van der Waals surface area contributed by atoms with Gasteiger partial charge in [-0.1, -0.05) is 26.3 Å². The van der Waals surface area contributed by atoms with E-state index in [0.29, 0.717) is 13.0 Å². The van der Waals surface area contributed by atoms with E-state index in [1.807, 2.05) is 20.8 Å². The minimum Gasteiger partial charge on any atom is -0.480 e. The molecule has 0 aliphatic carbocycles. The van der Waals surface area contributed by atoms with Gasteiger partial charge in [-0.2, -0.15) is 0 Å². The van der Waals surface area contributed by atoms with Gasteiger partial charge in [0.15, 0.2) is 0 Å². The minimum absolute atomic E-state index is 0.0414. The van der Waals surface area contributed by atoms with Crippen LogP contribution in [0.3, 0.4) is 0 Å². The van der Waals surface area contributed by atoms with E-state index in [1.54, 1.807) is 6.08 Å². The summed E-state index contributed by atoms with van der Waals surface area (Å²) < 4.78 is 0. The number of nitrogens with one attached hydrogen (secondary N) is 1. The monoisotopic (exact) mass is 341 g/mol. The molecule has 0 spiro atoms. The first-order valence-electron chi connectivity index (χ1n) is 8.37. The largest absolute Gasteiger partial charge is 0.480 e. The predicted molar refractivity (Wildman–Crippen MR) is 93.3 cm³/mol. The third-order valence-electron chi connectivity index (χ3n) is 4.11. The summed E-state index contributed by atoms with van der Waals surface area (Å²) in [5.41, 5.74) is 5.95. The lowest BCUT2D eigenvalue weighted by molar-refractivity contribution is -0.144. The van der Waals surface area contributed by atoms with Crippen LogP contribution in [0.1, 0.15) is 47.0 Å². The van der Waals surface area contributed by atoms with E-state index >= 15 is 0 Å². The molecule has 0 radical (unpaired) electrons. The minimum atomic E-state index is -1.10. The Labute approximate surface area is 144 Å². The van der Waals surface area contributed by atoms with Crippen LogP contribution in [0.15, 0.2) is 12.7 Å². The number of hydrogen-bond donors (Lipinski definition) is 3. The Morgan fingerprint density at radius 2 is 1.96 bits per heavy atom. The van der Waals surface area contributed by atoms with Crippen LogP contribution in [-0.4, -0.2) is 52.5 Å². The van der Waals surface area contributed by atoms with Gasteiger partial charge in [0.1, 0.15) is 12.1 Å². The second kappa shape index (κ2) is 10.8. The Morgan fingerprint density at radius 3 is 2.42 bits per heavy atom. The SMILES string of the molecule is C=CC.CCC(C)C(N)C(=O)N1CCCC1C(=O)NC(C)C(=O)O. The molecule has 4 N–H and O–H groups in total. The van der Waals surface area contributed by atoms with Crippen molar-refractivity contribution < 1.29 is 19.5 Å². The molecule has 24 heavy (non-hydrogen) atoms. The summed E-state index contributed by atoms with van der Waals surface area (Å²) in [7, 11) is 0. The van der Waals surface area contributed by atoms with Crippen LogP contribution in [0.25, 0.3) is 0 Å². The van der Waals surface area contributed by atoms with E-state index in [-0.39, 0.29) is 11.8 Å². The molecule has 1 heterocycles. The number of carboxylic acid groups (broad SMARTS) is 1. The van der Waals surface area contributed by atoms with Crippen LogP contribution in [0.4, 0.5) is 0 Å². The number of aliphatic carboxylic acids is 1. The zero-order valence-corrected chi connectivity index (χ0v) is 15.1. The average Bonchev–Trinajstić information content (AvgIpc) is 3.02. The number of hydrogen-bond acceptors (Lipinski definition) is 4. The topological polar surface area (TPSA) is 113 Å². The standard InChI is InChI=1S/C14H25N3O4.C3H6/c1-4-8(2)11(15)13(19)17-7-5-6-10(17)12(18)16-9(3)14(20)21;1-3-2/h8-11H,4-7,15H2,1-3H3,(H,16,18)(H,20,21);3H,1H2,2H3. The highest BCUT2D eigenvalue weighted by molar-refractivity contribution is 5.92. The van der Waals surface area contributed by atoms with Crippen molar-refractivity contribution in [1.82, 2.24) is 10.2 Å². The van der Waals surface area contributed by atoms with Crippen molar-refractivity contribution in [2.24, 2.45) is 11.7 Å². The van der Waals surface area contributed by atoms with E-state index in [2.05, 4.69) is 11.9 Å². The van der Waals surface area contributed by atoms with Gasteiger partial charge in [0.05, 0.1) is 6.04 Å². The molecule has 0 bridgehead atoms. The molecule has 2 amide bonds. The van der Waals surface area contributed by atoms with Crippen molar-refractivity contribution in [2.45, 2.75) is 65.1 Å². The number of carboxylic acids is 1. The molecule has 1 aliphatic heterocycles. The number of carbonyl (C=O) groups is 3. The highest BCUT2D eigenvalue weighted by atomic mass is 16.4. The first kappa shape index (κ1) is 22.1. The first-order valence-corrected chi connectivity index (χ1v) is 8.37. The molecule has 1 rings (SSSR count). The molecular weight excluding hydrogens is 310 g/mol. The summed E-state index contributed by atoms with van der Waals surface area (Å²) in [5.74, 6) is -1.72. The summed E-state index contributed by atoms with van der Waals surface area (Å²) >= 11 is 0. The van der Waals surface area contributed by atoms with Gasteiger partial charge >= 0.3 is 5.97 Å². The fourth-order valence-corrected chi connectivity index (χ4v) is 2.36. The van der Waals surface area contributed by atoms with E-state index in [1.165, 1.54) is 11.8 Å². The van der Waals surface area contributed by atoms with Crippen LogP contribution in [0.2, 0.25) is 0 Å². The number of nitrogens with two attached hydrogens (primary N) is 1. The molecular formula is C17H31N3O4. The molecule has 1 fully saturated rings. The number of amides is 2. The molecule has 7 nitrogen and oxygen atoms in total. The van der Waals surface area contributed by atoms with Crippen molar-refractivity contribution in [3.63, 3.8) is 0 Å². The molecule has 7 heteroatoms. The summed E-state index contributed by atoms with van der Waals surface area (Å²) in [6, 6.07) is -2.21. The van der Waals surface area contributed by atoms with Crippen LogP contribution >= 0.6 is 0 Å². The molecule has 0 aromatic heterocycles. The van der Waals surface area contributed by atoms with Gasteiger partial charge in [0.2, 0.25) is 11.8 Å². The quantitative estimate of drug-likeness (QED) is 0.627. The highest BCUT2D eigenvalue weighted by Gasteiger charge is 2.37. The van der Waals surface area contributed by atoms with Crippen LogP contribution in [0.5, 0.6) is 0 Å². The molecule has 0 aromatic carbocycles. The zero-order chi connectivity index (χ0) is 18.9. The highest BCUT2D eigenvalue weighted by Crippen LogP contribution is 2.20. The molecule has 0 aromatic rings. The first-order chi connectivity index (χ1) is 11.2. The molecule has 4 unspecified atom stereocenters. The van der Waals surface area contributed by atoms with Gasteiger partial charge in [-0.3, -0.25) is 14.4 Å². The predicted octanol–water partition coefficient (Wildman–Crippen LogP) is 1.13. The Kier molecular flexibility index (Phi) is 9.95. The summed E-state index contributed by atoms with van der Waals surface area (Å²) in [6.07, 6.45) is 3.79. The Hall–Kier alpha value is -1.89. The maximum atomic E-state index is 12.4. The fourth-order valence-electron chi connectivity index (χ4n) is 2.36. The van der Waals surface area contributed by atoms with Gasteiger partial charge in [-0.25, -0.2) is 0 Å². The Balaban J connectivity index is 0.00000163. The van der Waals surface area contributed by atoms with Gasteiger partial charge in [0, 0.05) is 6.54 Å². The summed E-state index contributed by atoms with van der Waals surface area (Å²) in [4.78, 5) is 36.8. The second-order valence-electron chi connectivity index (χ2n) is 6.08. The summed E-state index contributed by atoms with van der Waals surface area (Å²) in [5, 5.41) is 11.2. The van der Waals surface area contributed by atoms with Gasteiger partial charge in [0.25, 0.3) is 0 Å². The van der Waals surface area contributed by atoms with Crippen molar-refractivity contribution in [2.75, 3.05) is 6.54 Å². The van der Waals surface area contributed by atoms with E-state index < -0.39 is 30.0 Å². The van der Waals surface area contributed by atoms with Crippen molar-refractivity contribution in [3.8, 4) is 0 Å². The van der Waals surface area contributed by atoms with Crippen molar-refractivity contribution in [3.05, 3.63) is 12.7 Å². The van der Waals surface area contributed by atoms with Crippen molar-refractivity contribution in [1.29, 1.82) is 0 Å². The number of likely N-dealkylation sites (tertiary alicyclic amines) is 1. The van der Waals surface area contributed by atoms with E-state index in [0.717, 1.165) is 12.8 Å². The smallest absolute Gasteiger partial charge is 0.325 e. The summed E-state index contributed by atoms with van der Waals surface area (Å²) in [6.45, 7) is 11.0. The normalized spacial score (nSPS) is 20.2. The van der Waals surface area contributed by atoms with Crippen LogP contribution in [-0.2, 0) is 14.4 Å². The molecule has 0 saturated carbocycles. The zero-order valence-electron chi connectivity index (χ0n) is 15.1. The number of carbonyl (C=O) groups excluding carboxylic acids is 2. The van der Waals surface area contributed by atoms with E-state index in [4.69, 9.17) is 10.8 Å². The van der Waals surface area contributed by atoms with Gasteiger partial charge in [-0.05, 0) is 32.6 Å². The second-order valence-corrected chi connectivity index (χ2v) is 6.08. The molecule has 138 valence electrons. The van der Waals surface area contributed by atoms with Crippen molar-refractivity contribution >= 4 is 17.8 Å². The van der Waals surface area contributed by atoms with Crippen LogP contribution in [0, 0.1) is 5.92 Å². The number of nitrogens with zero attached hydrogens (tertiary/aromatic N) is 1. The maximum Gasteiger partial charge on any atom is 0.325 e.